The van der Waals surface area contributed by atoms with Crippen molar-refractivity contribution in [3.05, 3.63) is 35.5 Å². The summed E-state index contributed by atoms with van der Waals surface area (Å²) in [6.07, 6.45) is 8.80. The first kappa shape index (κ1) is 22.2. The molecule has 0 spiro atoms. The zero-order valence-corrected chi connectivity index (χ0v) is 17.8. The number of hydrogen-bond acceptors (Lipinski definition) is 6. The highest BCUT2D eigenvalue weighted by Gasteiger charge is 2.41. The van der Waals surface area contributed by atoms with Crippen molar-refractivity contribution in [1.82, 2.24) is 14.1 Å². The van der Waals surface area contributed by atoms with Crippen LogP contribution in [-0.2, 0) is 24.3 Å². The van der Waals surface area contributed by atoms with E-state index in [4.69, 9.17) is 4.74 Å². The van der Waals surface area contributed by atoms with Crippen molar-refractivity contribution in [3.63, 3.8) is 0 Å². The van der Waals surface area contributed by atoms with Crippen molar-refractivity contribution in [3.8, 4) is 0 Å². The fraction of sp³-hybridized carbons (Fsp3) is 0.579. The summed E-state index contributed by atoms with van der Waals surface area (Å²) in [6, 6.07) is -0.700. The number of ether oxygens (including phenoxy) is 1. The van der Waals surface area contributed by atoms with E-state index in [0.29, 0.717) is 6.42 Å². The minimum absolute atomic E-state index is 0.0934. The summed E-state index contributed by atoms with van der Waals surface area (Å²) in [5, 5.41) is 0.161. The van der Waals surface area contributed by atoms with E-state index in [9.17, 15) is 18.0 Å². The molecule has 2 aliphatic rings. The molecule has 9 heteroatoms. The summed E-state index contributed by atoms with van der Waals surface area (Å²) in [7, 11) is 0.800. The molecule has 1 saturated heterocycles. The second-order valence-corrected chi connectivity index (χ2v) is 9.24. The third-order valence-electron chi connectivity index (χ3n) is 5.06. The van der Waals surface area contributed by atoms with Crippen LogP contribution in [-0.4, -0.2) is 74.7 Å². The Balaban J connectivity index is 2.15. The molecule has 2 aliphatic heterocycles. The number of likely N-dealkylation sites (N-methyl/N-ethyl adjacent to an activating group) is 1. The second-order valence-electron chi connectivity index (χ2n) is 7.35. The number of carbonyl (C=O) groups is 2. The van der Waals surface area contributed by atoms with Gasteiger partial charge in [-0.25, -0.2) is 13.2 Å². The normalized spacial score (nSPS) is 21.4. The molecule has 2 heterocycles. The summed E-state index contributed by atoms with van der Waals surface area (Å²) in [4.78, 5) is 27.9. The predicted molar refractivity (Wildman–Crippen MR) is 106 cm³/mol. The average Bonchev–Trinajstić information content (AvgIpc) is 3.04. The van der Waals surface area contributed by atoms with Gasteiger partial charge in [0.1, 0.15) is 11.1 Å². The molecule has 0 aromatic rings. The Morgan fingerprint density at radius 2 is 1.93 bits per heavy atom. The van der Waals surface area contributed by atoms with Gasteiger partial charge in [-0.2, -0.15) is 4.31 Å². The Kier molecular flexibility index (Phi) is 7.06. The second kappa shape index (κ2) is 8.91. The topological polar surface area (TPSA) is 87.2 Å². The maximum Gasteiger partial charge on any atom is 0.328 e. The highest BCUT2D eigenvalue weighted by atomic mass is 32.2. The van der Waals surface area contributed by atoms with Gasteiger partial charge in [-0.3, -0.25) is 4.79 Å². The van der Waals surface area contributed by atoms with Crippen LogP contribution in [0.1, 0.15) is 20.3 Å². The third-order valence-corrected chi connectivity index (χ3v) is 7.03. The Morgan fingerprint density at radius 1 is 1.25 bits per heavy atom. The van der Waals surface area contributed by atoms with Crippen molar-refractivity contribution in [2.24, 2.45) is 11.8 Å². The first-order valence-electron chi connectivity index (χ1n) is 9.24. The first-order chi connectivity index (χ1) is 13.1. The van der Waals surface area contributed by atoms with Crippen molar-refractivity contribution in [1.29, 1.82) is 0 Å². The lowest BCUT2D eigenvalue weighted by Gasteiger charge is -2.31. The number of hydrogen-bond donors (Lipinski definition) is 0. The van der Waals surface area contributed by atoms with Crippen LogP contribution in [0.25, 0.3) is 0 Å². The standard InChI is InChI=1S/C19H29N3O5S/c1-14(2)17(19(24)27-5)21(4)18(23)15-10-12-22(13-15)28(25,26)16-9-7-6-8-11-20(16)3/h6-9,11,14-15,17H,10,12-13H2,1-5H3/t15-,17-/m0/s1. The molecule has 0 bridgehead atoms. The van der Waals surface area contributed by atoms with Gasteiger partial charge in [0.15, 0.2) is 0 Å². The molecule has 156 valence electrons. The lowest BCUT2D eigenvalue weighted by Crippen LogP contribution is -2.49. The molecule has 0 aromatic heterocycles. The number of amides is 1. The summed E-state index contributed by atoms with van der Waals surface area (Å²) in [5.74, 6) is -1.33. The maximum absolute atomic E-state index is 13.0. The molecule has 8 nitrogen and oxygen atoms in total. The molecule has 1 amide bonds. The van der Waals surface area contributed by atoms with Crippen LogP contribution >= 0.6 is 0 Å². The van der Waals surface area contributed by atoms with Crippen molar-refractivity contribution in [2.45, 2.75) is 26.3 Å². The van der Waals surface area contributed by atoms with E-state index in [-0.39, 0.29) is 29.9 Å². The number of sulfonamides is 1. The van der Waals surface area contributed by atoms with E-state index >= 15 is 0 Å². The van der Waals surface area contributed by atoms with Crippen molar-refractivity contribution in [2.75, 3.05) is 34.3 Å². The third kappa shape index (κ3) is 4.47. The minimum Gasteiger partial charge on any atom is -0.467 e. The lowest BCUT2D eigenvalue weighted by atomic mass is 10.00. The number of carbonyl (C=O) groups excluding carboxylic acids is 2. The van der Waals surface area contributed by atoms with Gasteiger partial charge in [0.2, 0.25) is 5.91 Å². The van der Waals surface area contributed by atoms with Gasteiger partial charge in [-0.15, -0.1) is 0 Å². The number of nitrogens with zero attached hydrogens (tertiary/aromatic N) is 3. The fourth-order valence-electron chi connectivity index (χ4n) is 3.54. The van der Waals surface area contributed by atoms with Crippen LogP contribution in [0.15, 0.2) is 35.5 Å². The molecule has 0 N–H and O–H groups in total. The Hall–Kier alpha value is -2.13. The molecular weight excluding hydrogens is 382 g/mol. The van der Waals surface area contributed by atoms with Crippen LogP contribution in [0.2, 0.25) is 0 Å². The molecule has 1 fully saturated rings. The van der Waals surface area contributed by atoms with Gasteiger partial charge >= 0.3 is 5.97 Å². The van der Waals surface area contributed by atoms with Crippen LogP contribution in [0, 0.1) is 11.8 Å². The SMILES string of the molecule is COC(=O)[C@H](C(C)C)N(C)C(=O)[C@H]1CCN(S(=O)(=O)C2=CC=CC=CN2C)C1. The van der Waals surface area contributed by atoms with Crippen LogP contribution < -0.4 is 0 Å². The van der Waals surface area contributed by atoms with Gasteiger partial charge in [0, 0.05) is 33.4 Å². The van der Waals surface area contributed by atoms with Gasteiger partial charge in [0.05, 0.1) is 13.0 Å². The molecule has 0 aromatic carbocycles. The molecule has 28 heavy (non-hydrogen) atoms. The summed E-state index contributed by atoms with van der Waals surface area (Å²) in [6.45, 7) is 4.03. The van der Waals surface area contributed by atoms with E-state index in [1.807, 2.05) is 13.8 Å². The highest BCUT2D eigenvalue weighted by molar-refractivity contribution is 7.92. The van der Waals surface area contributed by atoms with Crippen molar-refractivity contribution >= 4 is 21.9 Å². The van der Waals surface area contributed by atoms with Crippen LogP contribution in [0.3, 0.4) is 0 Å². The van der Waals surface area contributed by atoms with E-state index < -0.39 is 28.0 Å². The molecule has 2 atom stereocenters. The zero-order chi connectivity index (χ0) is 21.1. The van der Waals surface area contributed by atoms with E-state index in [0.717, 1.165) is 0 Å². The number of methoxy groups -OCH3 is 1. The number of esters is 1. The summed E-state index contributed by atoms with van der Waals surface area (Å²) in [5.41, 5.74) is 0. The molecule has 0 radical (unpaired) electrons. The predicted octanol–water partition coefficient (Wildman–Crippen LogP) is 1.15. The average molecular weight is 412 g/mol. The number of rotatable bonds is 6. The van der Waals surface area contributed by atoms with Gasteiger partial charge in [-0.05, 0) is 24.5 Å². The number of allylic oxidation sites excluding steroid dienone is 4. The molecule has 0 aliphatic carbocycles. The van der Waals surface area contributed by atoms with Gasteiger partial charge in [0.25, 0.3) is 10.0 Å². The largest absolute Gasteiger partial charge is 0.467 e. The zero-order valence-electron chi connectivity index (χ0n) is 17.0. The Labute approximate surface area is 167 Å². The highest BCUT2D eigenvalue weighted by Crippen LogP contribution is 2.27. The molecule has 0 unspecified atom stereocenters. The van der Waals surface area contributed by atoms with E-state index in [1.165, 1.54) is 16.3 Å². The van der Waals surface area contributed by atoms with Gasteiger partial charge in [-0.1, -0.05) is 26.0 Å². The molecular formula is C19H29N3O5S. The molecule has 2 rings (SSSR count). The molecule has 0 saturated carbocycles. The summed E-state index contributed by atoms with van der Waals surface area (Å²) >= 11 is 0. The quantitative estimate of drug-likeness (QED) is 0.610. The monoisotopic (exact) mass is 411 g/mol. The first-order valence-corrected chi connectivity index (χ1v) is 10.7. The van der Waals surface area contributed by atoms with Crippen LogP contribution in [0.4, 0.5) is 0 Å². The van der Waals surface area contributed by atoms with Gasteiger partial charge < -0.3 is 14.5 Å². The Bertz CT molecular complexity index is 800. The van der Waals surface area contributed by atoms with E-state index in [2.05, 4.69) is 0 Å². The lowest BCUT2D eigenvalue weighted by molar-refractivity contribution is -0.155. The van der Waals surface area contributed by atoms with Crippen LogP contribution in [0.5, 0.6) is 0 Å². The van der Waals surface area contributed by atoms with E-state index in [1.54, 1.807) is 49.5 Å². The fourth-order valence-corrected chi connectivity index (χ4v) is 5.21. The smallest absolute Gasteiger partial charge is 0.328 e. The maximum atomic E-state index is 13.0. The van der Waals surface area contributed by atoms with Crippen molar-refractivity contribution < 1.29 is 22.7 Å². The minimum atomic E-state index is -3.73. The Morgan fingerprint density at radius 3 is 2.54 bits per heavy atom. The summed E-state index contributed by atoms with van der Waals surface area (Å²) < 4.78 is 32.2.